The number of carbonyl (C=O) groups is 4. The first-order valence-electron chi connectivity index (χ1n) is 9.88. The van der Waals surface area contributed by atoms with Gasteiger partial charge in [0.15, 0.2) is 0 Å². The standard InChI is InChI=1S/C22H28O6/c1-11(2)15-18(25)16-13(28-12(3)24)9-14-21(4,5)7-6-8-22(14,10-23)17(16)20(27)19(15)26/h10-11,13-14,25H,6-9H2,1-5H3/t13-,14-,22-/m1/s1. The molecule has 6 heteroatoms. The smallest absolute Gasteiger partial charge is 0.303 e. The van der Waals surface area contributed by atoms with Gasteiger partial charge < -0.3 is 14.6 Å². The minimum Gasteiger partial charge on any atom is -0.507 e. The van der Waals surface area contributed by atoms with E-state index in [2.05, 4.69) is 0 Å². The van der Waals surface area contributed by atoms with Crippen LogP contribution in [0, 0.1) is 22.7 Å². The van der Waals surface area contributed by atoms with Crippen molar-refractivity contribution in [2.24, 2.45) is 22.7 Å². The first-order valence-corrected chi connectivity index (χ1v) is 9.88. The number of allylic oxidation sites excluding steroid dienone is 2. The average Bonchev–Trinajstić information content (AvgIpc) is 2.58. The van der Waals surface area contributed by atoms with Crippen molar-refractivity contribution in [1.82, 2.24) is 0 Å². The lowest BCUT2D eigenvalue weighted by atomic mass is 9.48. The number of carbonyl (C=O) groups excluding carboxylic acids is 4. The summed E-state index contributed by atoms with van der Waals surface area (Å²) >= 11 is 0. The van der Waals surface area contributed by atoms with Crippen molar-refractivity contribution in [3.05, 3.63) is 22.5 Å². The van der Waals surface area contributed by atoms with Gasteiger partial charge in [-0.15, -0.1) is 0 Å². The van der Waals surface area contributed by atoms with E-state index in [1.807, 2.05) is 13.8 Å². The first kappa shape index (κ1) is 20.5. The van der Waals surface area contributed by atoms with E-state index in [1.165, 1.54) is 6.92 Å². The van der Waals surface area contributed by atoms with E-state index in [-0.39, 0.29) is 39.7 Å². The minimum absolute atomic E-state index is 0.0236. The first-order chi connectivity index (χ1) is 13.0. The van der Waals surface area contributed by atoms with Crippen LogP contribution in [-0.4, -0.2) is 35.0 Å². The average molecular weight is 388 g/mol. The van der Waals surface area contributed by atoms with Crippen LogP contribution in [0.25, 0.3) is 0 Å². The van der Waals surface area contributed by atoms with E-state index < -0.39 is 29.1 Å². The molecule has 0 aromatic carbocycles. The minimum atomic E-state index is -1.14. The van der Waals surface area contributed by atoms with Crippen LogP contribution in [0.3, 0.4) is 0 Å². The van der Waals surface area contributed by atoms with Crippen LogP contribution in [0.2, 0.25) is 0 Å². The normalized spacial score (nSPS) is 32.2. The third-order valence-electron chi connectivity index (χ3n) is 6.77. The van der Waals surface area contributed by atoms with Crippen LogP contribution < -0.4 is 0 Å². The third kappa shape index (κ3) is 2.76. The quantitative estimate of drug-likeness (QED) is 0.345. The van der Waals surface area contributed by atoms with Crippen LogP contribution in [-0.2, 0) is 23.9 Å². The fraction of sp³-hybridized carbons (Fsp3) is 0.636. The van der Waals surface area contributed by atoms with Crippen molar-refractivity contribution < 1.29 is 29.0 Å². The fourth-order valence-electron chi connectivity index (χ4n) is 5.59. The number of aldehydes is 1. The van der Waals surface area contributed by atoms with Gasteiger partial charge in [-0.3, -0.25) is 14.4 Å². The Morgan fingerprint density at radius 3 is 2.39 bits per heavy atom. The molecule has 152 valence electrons. The number of aliphatic hydroxyl groups excluding tert-OH is 1. The van der Waals surface area contributed by atoms with Crippen molar-refractivity contribution in [1.29, 1.82) is 0 Å². The van der Waals surface area contributed by atoms with E-state index in [4.69, 9.17) is 4.74 Å². The molecule has 1 saturated carbocycles. The van der Waals surface area contributed by atoms with E-state index >= 15 is 0 Å². The molecule has 3 aliphatic rings. The number of esters is 1. The summed E-state index contributed by atoms with van der Waals surface area (Å²) in [7, 11) is 0. The Morgan fingerprint density at radius 1 is 1.21 bits per heavy atom. The van der Waals surface area contributed by atoms with Gasteiger partial charge in [0.1, 0.15) is 18.1 Å². The molecule has 0 aromatic rings. The van der Waals surface area contributed by atoms with Gasteiger partial charge in [0.05, 0.1) is 5.41 Å². The van der Waals surface area contributed by atoms with Gasteiger partial charge >= 0.3 is 5.97 Å². The van der Waals surface area contributed by atoms with E-state index in [9.17, 15) is 24.3 Å². The van der Waals surface area contributed by atoms with Crippen molar-refractivity contribution in [2.45, 2.75) is 66.4 Å². The summed E-state index contributed by atoms with van der Waals surface area (Å²) in [6.45, 7) is 8.78. The maximum atomic E-state index is 13.2. The zero-order valence-electron chi connectivity index (χ0n) is 17.1. The molecule has 3 aliphatic carbocycles. The molecular weight excluding hydrogens is 360 g/mol. The molecule has 3 rings (SSSR count). The Morgan fingerprint density at radius 2 is 1.86 bits per heavy atom. The van der Waals surface area contributed by atoms with Gasteiger partial charge in [0.2, 0.25) is 11.6 Å². The molecule has 6 nitrogen and oxygen atoms in total. The van der Waals surface area contributed by atoms with Crippen LogP contribution in [0.15, 0.2) is 22.5 Å². The third-order valence-corrected chi connectivity index (χ3v) is 6.77. The molecule has 28 heavy (non-hydrogen) atoms. The van der Waals surface area contributed by atoms with Gasteiger partial charge in [-0.1, -0.05) is 34.1 Å². The highest BCUT2D eigenvalue weighted by molar-refractivity contribution is 6.51. The maximum absolute atomic E-state index is 13.2. The highest BCUT2D eigenvalue weighted by Gasteiger charge is 2.60. The molecule has 0 amide bonds. The molecule has 0 unspecified atom stereocenters. The van der Waals surface area contributed by atoms with Crippen LogP contribution in [0.4, 0.5) is 0 Å². The molecule has 1 fully saturated rings. The Labute approximate surface area is 165 Å². The summed E-state index contributed by atoms with van der Waals surface area (Å²) < 4.78 is 5.50. The number of ketones is 2. The maximum Gasteiger partial charge on any atom is 0.303 e. The Bertz CT molecular complexity index is 828. The number of hydrogen-bond donors (Lipinski definition) is 1. The predicted octanol–water partition coefficient (Wildman–Crippen LogP) is 3.25. The van der Waals surface area contributed by atoms with Crippen molar-refractivity contribution in [3.63, 3.8) is 0 Å². The summed E-state index contributed by atoms with van der Waals surface area (Å²) in [4.78, 5) is 50.3. The molecule has 0 aliphatic heterocycles. The largest absolute Gasteiger partial charge is 0.507 e. The number of hydrogen-bond acceptors (Lipinski definition) is 6. The molecule has 0 bridgehead atoms. The van der Waals surface area contributed by atoms with Crippen LogP contribution in [0.1, 0.15) is 60.3 Å². The molecule has 0 saturated heterocycles. The zero-order chi connectivity index (χ0) is 21.0. The molecule has 3 atom stereocenters. The second-order valence-corrected chi connectivity index (χ2v) is 9.25. The summed E-state index contributed by atoms with van der Waals surface area (Å²) in [5, 5.41) is 11.0. The van der Waals surface area contributed by atoms with Gasteiger partial charge in [-0.05, 0) is 36.5 Å². The number of aliphatic hydroxyl groups is 1. The molecular formula is C22H28O6. The number of fused-ring (bicyclic) bond motifs is 2. The summed E-state index contributed by atoms with van der Waals surface area (Å²) in [5.74, 6) is -2.99. The second kappa shape index (κ2) is 6.68. The lowest BCUT2D eigenvalue weighted by Gasteiger charge is -2.55. The highest BCUT2D eigenvalue weighted by atomic mass is 16.5. The van der Waals surface area contributed by atoms with Gasteiger partial charge in [0.25, 0.3) is 0 Å². The Balaban J connectivity index is 2.36. The lowest BCUT2D eigenvalue weighted by Crippen LogP contribution is -2.55. The van der Waals surface area contributed by atoms with Gasteiger partial charge in [-0.2, -0.15) is 0 Å². The molecule has 0 spiro atoms. The summed E-state index contributed by atoms with van der Waals surface area (Å²) in [6.07, 6.45) is 2.32. The fourth-order valence-corrected chi connectivity index (χ4v) is 5.59. The summed E-state index contributed by atoms with van der Waals surface area (Å²) in [6, 6.07) is 0. The van der Waals surface area contributed by atoms with Gasteiger partial charge in [-0.25, -0.2) is 0 Å². The Kier molecular flexibility index (Phi) is 4.89. The van der Waals surface area contributed by atoms with E-state index in [1.54, 1.807) is 13.8 Å². The van der Waals surface area contributed by atoms with Crippen LogP contribution >= 0.6 is 0 Å². The van der Waals surface area contributed by atoms with Crippen molar-refractivity contribution in [2.75, 3.05) is 0 Å². The SMILES string of the molecule is CC(=O)O[C@@H]1C[C@@H]2C(C)(C)CCC[C@]2(C=O)C2=C1C(O)=C(C(C)C)C(=O)C2=O. The molecule has 0 radical (unpaired) electrons. The lowest BCUT2D eigenvalue weighted by molar-refractivity contribution is -0.150. The van der Waals surface area contributed by atoms with E-state index in [0.717, 1.165) is 19.1 Å². The zero-order valence-corrected chi connectivity index (χ0v) is 17.1. The molecule has 0 heterocycles. The second-order valence-electron chi connectivity index (χ2n) is 9.25. The topological polar surface area (TPSA) is 97.7 Å². The predicted molar refractivity (Wildman–Crippen MR) is 101 cm³/mol. The number of rotatable bonds is 3. The van der Waals surface area contributed by atoms with Crippen LogP contribution in [0.5, 0.6) is 0 Å². The van der Waals surface area contributed by atoms with Gasteiger partial charge in [0, 0.05) is 23.6 Å². The van der Waals surface area contributed by atoms with Crippen molar-refractivity contribution in [3.8, 4) is 0 Å². The van der Waals surface area contributed by atoms with E-state index in [0.29, 0.717) is 12.8 Å². The monoisotopic (exact) mass is 388 g/mol. The number of ether oxygens (including phenoxy) is 1. The molecule has 1 N–H and O–H groups in total. The highest BCUT2D eigenvalue weighted by Crippen LogP contribution is 2.61. The summed E-state index contributed by atoms with van der Waals surface area (Å²) in [5.41, 5.74) is -1.20. The Hall–Kier alpha value is -2.24. The number of Topliss-reactive ketones (excluding diaryl/α,β-unsaturated/α-hetero) is 2. The molecule has 0 aromatic heterocycles. The van der Waals surface area contributed by atoms with Crippen molar-refractivity contribution >= 4 is 23.8 Å².